The number of carbonyl (C=O) groups is 1. The van der Waals surface area contributed by atoms with Gasteiger partial charge in [0.1, 0.15) is 5.52 Å². The summed E-state index contributed by atoms with van der Waals surface area (Å²) in [4.78, 5) is 15.4. The van der Waals surface area contributed by atoms with E-state index in [1.54, 1.807) is 47.0 Å². The van der Waals surface area contributed by atoms with Crippen LogP contribution in [0.2, 0.25) is 0 Å². The molecule has 2 aromatic carbocycles. The number of nitrogens with zero attached hydrogens (tertiary/aromatic N) is 2. The molecule has 1 heterocycles. The van der Waals surface area contributed by atoms with Crippen molar-refractivity contribution in [2.24, 2.45) is 0 Å². The number of hydrogen-bond donors (Lipinski definition) is 3. The van der Waals surface area contributed by atoms with Crippen molar-refractivity contribution in [2.75, 3.05) is 6.61 Å². The zero-order valence-electron chi connectivity index (χ0n) is 14.0. The van der Waals surface area contributed by atoms with Crippen LogP contribution in [0.5, 0.6) is 11.8 Å². The first-order valence-electron chi connectivity index (χ1n) is 7.97. The first kappa shape index (κ1) is 17.8. The van der Waals surface area contributed by atoms with Gasteiger partial charge in [0, 0.05) is 0 Å². The normalized spacial score (nSPS) is 10.7. The highest BCUT2D eigenvalue weighted by Crippen LogP contribution is 2.30. The third kappa shape index (κ3) is 3.63. The number of para-hydroxylation sites is 1. The Morgan fingerprint density at radius 3 is 2.54 bits per heavy atom. The van der Waals surface area contributed by atoms with E-state index in [2.05, 4.69) is 4.98 Å². The van der Waals surface area contributed by atoms with Crippen LogP contribution in [-0.4, -0.2) is 44.6 Å². The Balaban J connectivity index is 2.06. The van der Waals surface area contributed by atoms with E-state index in [9.17, 15) is 14.8 Å². The third-order valence-electron chi connectivity index (χ3n) is 3.78. The Kier molecular flexibility index (Phi) is 5.10. The standard InChI is InChI=1S/C17H17BN2O6/c1-2-25-16-19-13-4-3-5-14(26-17(21)22)15(13)20(16)10-11-6-8-12(9-7-11)18(23)24/h3-9,23-24H,2,10H2,1H3,(H,21,22). The summed E-state index contributed by atoms with van der Waals surface area (Å²) in [6.07, 6.45) is -1.41. The SMILES string of the molecule is CCOc1nc2cccc(OC(=O)O)c2n1Cc1ccc(B(O)O)cc1. The summed E-state index contributed by atoms with van der Waals surface area (Å²) in [5.41, 5.74) is 2.28. The predicted molar refractivity (Wildman–Crippen MR) is 94.9 cm³/mol. The predicted octanol–water partition coefficient (Wildman–Crippen LogP) is 1.22. The molecule has 3 N–H and O–H groups in total. The summed E-state index contributed by atoms with van der Waals surface area (Å²) in [6, 6.07) is 12.0. The molecule has 0 saturated heterocycles. The van der Waals surface area contributed by atoms with Crippen LogP contribution < -0.4 is 14.9 Å². The Morgan fingerprint density at radius 2 is 1.92 bits per heavy atom. The van der Waals surface area contributed by atoms with E-state index in [1.807, 2.05) is 6.92 Å². The maximum atomic E-state index is 11.0. The molecule has 0 fully saturated rings. The molecule has 0 spiro atoms. The van der Waals surface area contributed by atoms with Gasteiger partial charge in [-0.2, -0.15) is 4.98 Å². The molecule has 0 bridgehead atoms. The minimum absolute atomic E-state index is 0.163. The Labute approximate surface area is 149 Å². The molecule has 0 aliphatic heterocycles. The molecule has 0 unspecified atom stereocenters. The number of hydrogen-bond acceptors (Lipinski definition) is 6. The molecule has 0 radical (unpaired) electrons. The molecule has 3 rings (SSSR count). The van der Waals surface area contributed by atoms with Crippen molar-refractivity contribution in [3.63, 3.8) is 0 Å². The molecule has 0 amide bonds. The molecule has 1 aromatic heterocycles. The van der Waals surface area contributed by atoms with Crippen LogP contribution in [0.4, 0.5) is 4.79 Å². The van der Waals surface area contributed by atoms with Gasteiger partial charge >= 0.3 is 13.3 Å². The summed E-state index contributed by atoms with van der Waals surface area (Å²) < 4.78 is 12.2. The van der Waals surface area contributed by atoms with Crippen LogP contribution in [-0.2, 0) is 6.54 Å². The molecular formula is C17H17BN2O6. The third-order valence-corrected chi connectivity index (χ3v) is 3.78. The summed E-state index contributed by atoms with van der Waals surface area (Å²) in [6.45, 7) is 2.57. The summed E-state index contributed by atoms with van der Waals surface area (Å²) in [5.74, 6) is 0.163. The largest absolute Gasteiger partial charge is 0.511 e. The van der Waals surface area contributed by atoms with E-state index in [0.717, 1.165) is 5.56 Å². The molecule has 0 aliphatic rings. The number of ether oxygens (including phenoxy) is 2. The van der Waals surface area contributed by atoms with Crippen molar-refractivity contribution in [3.05, 3.63) is 48.0 Å². The van der Waals surface area contributed by atoms with Gasteiger partial charge in [0.25, 0.3) is 6.01 Å². The summed E-state index contributed by atoms with van der Waals surface area (Å²) >= 11 is 0. The first-order chi connectivity index (χ1) is 12.5. The second-order valence-electron chi connectivity index (χ2n) is 5.52. The molecule has 0 aliphatic carbocycles. The Hall–Kier alpha value is -3.04. The van der Waals surface area contributed by atoms with E-state index < -0.39 is 13.3 Å². The molecule has 0 atom stereocenters. The fraction of sp³-hybridized carbons (Fsp3) is 0.176. The smallest absolute Gasteiger partial charge is 0.465 e. The lowest BCUT2D eigenvalue weighted by atomic mass is 9.80. The number of rotatable bonds is 6. The summed E-state index contributed by atoms with van der Waals surface area (Å²) in [5, 5.41) is 27.4. The number of fused-ring (bicyclic) bond motifs is 1. The maximum absolute atomic E-state index is 11.0. The van der Waals surface area contributed by atoms with Crippen molar-refractivity contribution in [1.29, 1.82) is 0 Å². The van der Waals surface area contributed by atoms with Gasteiger partial charge < -0.3 is 24.6 Å². The number of imidazole rings is 1. The van der Waals surface area contributed by atoms with Gasteiger partial charge in [-0.3, -0.25) is 4.57 Å². The van der Waals surface area contributed by atoms with Gasteiger partial charge in [-0.15, -0.1) is 0 Å². The van der Waals surface area contributed by atoms with Crippen molar-refractivity contribution in [1.82, 2.24) is 9.55 Å². The quantitative estimate of drug-likeness (QED) is 0.346. The number of aromatic nitrogens is 2. The van der Waals surface area contributed by atoms with E-state index in [0.29, 0.717) is 35.7 Å². The summed E-state index contributed by atoms with van der Waals surface area (Å²) in [7, 11) is -1.53. The average molecular weight is 356 g/mol. The van der Waals surface area contributed by atoms with Gasteiger partial charge in [0.2, 0.25) is 0 Å². The highest BCUT2D eigenvalue weighted by Gasteiger charge is 2.18. The number of carboxylic acid groups (broad SMARTS) is 1. The maximum Gasteiger partial charge on any atom is 0.511 e. The molecule has 3 aromatic rings. The van der Waals surface area contributed by atoms with E-state index in [1.165, 1.54) is 0 Å². The van der Waals surface area contributed by atoms with Crippen LogP contribution in [0.25, 0.3) is 11.0 Å². The Bertz CT molecular complexity index is 923. The van der Waals surface area contributed by atoms with Gasteiger partial charge in [0.05, 0.1) is 18.7 Å². The van der Waals surface area contributed by atoms with Crippen molar-refractivity contribution >= 4 is 29.8 Å². The lowest BCUT2D eigenvalue weighted by Gasteiger charge is -2.11. The van der Waals surface area contributed by atoms with Crippen LogP contribution in [0.3, 0.4) is 0 Å². The lowest BCUT2D eigenvalue weighted by Crippen LogP contribution is -2.29. The van der Waals surface area contributed by atoms with Crippen LogP contribution in [0.1, 0.15) is 12.5 Å². The monoisotopic (exact) mass is 356 g/mol. The number of benzene rings is 2. The van der Waals surface area contributed by atoms with Gasteiger partial charge in [-0.1, -0.05) is 30.3 Å². The van der Waals surface area contributed by atoms with Gasteiger partial charge in [-0.05, 0) is 30.1 Å². The van der Waals surface area contributed by atoms with Crippen LogP contribution >= 0.6 is 0 Å². The zero-order valence-corrected chi connectivity index (χ0v) is 14.0. The van der Waals surface area contributed by atoms with E-state index >= 15 is 0 Å². The lowest BCUT2D eigenvalue weighted by molar-refractivity contribution is 0.145. The van der Waals surface area contributed by atoms with Crippen molar-refractivity contribution in [2.45, 2.75) is 13.5 Å². The molecular weight excluding hydrogens is 339 g/mol. The van der Waals surface area contributed by atoms with Gasteiger partial charge in [-0.25, -0.2) is 4.79 Å². The van der Waals surface area contributed by atoms with Crippen LogP contribution in [0, 0.1) is 0 Å². The fourth-order valence-corrected chi connectivity index (χ4v) is 2.67. The highest BCUT2D eigenvalue weighted by molar-refractivity contribution is 6.58. The highest BCUT2D eigenvalue weighted by atomic mass is 16.7. The molecule has 8 nitrogen and oxygen atoms in total. The molecule has 26 heavy (non-hydrogen) atoms. The first-order valence-corrected chi connectivity index (χ1v) is 7.97. The van der Waals surface area contributed by atoms with Crippen molar-refractivity contribution < 1.29 is 29.4 Å². The van der Waals surface area contributed by atoms with E-state index in [4.69, 9.17) is 14.6 Å². The average Bonchev–Trinajstić information content (AvgIpc) is 2.94. The second-order valence-corrected chi connectivity index (χ2v) is 5.52. The minimum atomic E-state index is -1.53. The van der Waals surface area contributed by atoms with Crippen LogP contribution in [0.15, 0.2) is 42.5 Å². The second kappa shape index (κ2) is 7.46. The fourth-order valence-electron chi connectivity index (χ4n) is 2.67. The molecule has 134 valence electrons. The van der Waals surface area contributed by atoms with E-state index in [-0.39, 0.29) is 5.75 Å². The minimum Gasteiger partial charge on any atom is -0.465 e. The Morgan fingerprint density at radius 1 is 1.19 bits per heavy atom. The molecule has 9 heteroatoms. The van der Waals surface area contributed by atoms with Gasteiger partial charge in [0.15, 0.2) is 5.75 Å². The van der Waals surface area contributed by atoms with Crippen molar-refractivity contribution in [3.8, 4) is 11.8 Å². The topological polar surface area (TPSA) is 114 Å². The zero-order chi connectivity index (χ0) is 18.7. The molecule has 0 saturated carbocycles.